The van der Waals surface area contributed by atoms with Crippen LogP contribution in [0.2, 0.25) is 0 Å². The topological polar surface area (TPSA) is 73.1 Å². The first-order valence-electron chi connectivity index (χ1n) is 8.20. The highest BCUT2D eigenvalue weighted by atomic mass is 19.1. The molecule has 0 radical (unpaired) electrons. The number of anilines is 3. The van der Waals surface area contributed by atoms with Crippen molar-refractivity contribution >= 4 is 28.1 Å². The monoisotopic (exact) mass is 338 g/mol. The van der Waals surface area contributed by atoms with Crippen molar-refractivity contribution in [2.75, 3.05) is 11.1 Å². The zero-order chi connectivity index (χ0) is 17.6. The van der Waals surface area contributed by atoms with E-state index in [2.05, 4.69) is 15.3 Å². The molecule has 0 aliphatic heterocycles. The van der Waals surface area contributed by atoms with E-state index in [1.165, 1.54) is 18.5 Å². The van der Waals surface area contributed by atoms with Crippen molar-refractivity contribution in [2.45, 2.75) is 32.3 Å². The Bertz CT molecular complexity index is 969. The molecule has 0 spiro atoms. The summed E-state index contributed by atoms with van der Waals surface area (Å²) in [6.07, 6.45) is 3.42. The van der Waals surface area contributed by atoms with E-state index in [0.717, 1.165) is 29.3 Å². The number of nitrogens with one attached hydrogen (secondary N) is 1. The number of rotatable bonds is 4. The van der Waals surface area contributed by atoms with Crippen molar-refractivity contribution in [3.8, 4) is 5.75 Å². The first kappa shape index (κ1) is 15.6. The molecule has 0 amide bonds. The summed E-state index contributed by atoms with van der Waals surface area (Å²) in [4.78, 5) is 8.64. The minimum absolute atomic E-state index is 0.206. The Hall–Kier alpha value is -2.89. The van der Waals surface area contributed by atoms with E-state index in [4.69, 9.17) is 10.5 Å². The Balaban J connectivity index is 1.77. The van der Waals surface area contributed by atoms with Crippen LogP contribution >= 0.6 is 0 Å². The Kier molecular flexibility index (Phi) is 3.49. The molecule has 0 bridgehead atoms. The molecule has 3 aromatic rings. The van der Waals surface area contributed by atoms with Gasteiger partial charge in [-0.05, 0) is 56.5 Å². The van der Waals surface area contributed by atoms with Crippen LogP contribution in [0, 0.1) is 12.7 Å². The molecule has 1 fully saturated rings. The number of halogens is 1. The maximum absolute atomic E-state index is 13.7. The number of fused-ring (bicyclic) bond motifs is 1. The van der Waals surface area contributed by atoms with Crippen LogP contribution in [0.3, 0.4) is 0 Å². The zero-order valence-corrected chi connectivity index (χ0v) is 14.1. The second kappa shape index (κ2) is 5.58. The van der Waals surface area contributed by atoms with Crippen LogP contribution in [0.5, 0.6) is 5.75 Å². The van der Waals surface area contributed by atoms with Crippen molar-refractivity contribution in [3.05, 3.63) is 48.0 Å². The number of benzene rings is 2. The van der Waals surface area contributed by atoms with Crippen LogP contribution in [-0.4, -0.2) is 15.6 Å². The minimum Gasteiger partial charge on any atom is -0.485 e. The quantitative estimate of drug-likeness (QED) is 0.693. The molecule has 1 heterocycles. The number of aromatic nitrogens is 2. The average molecular weight is 338 g/mol. The van der Waals surface area contributed by atoms with E-state index in [-0.39, 0.29) is 11.4 Å². The Labute approximate surface area is 145 Å². The standard InChI is InChI=1S/C19H19FN4O/c1-11-7-13(21)9-15-17(11)18(23-10-22-15)24-14-4-3-12(20)8-16(14)25-19(2)5-6-19/h3-4,7-10H,5-6,21H2,1-2H3,(H,22,23,24). The Morgan fingerprint density at radius 2 is 2.00 bits per heavy atom. The molecule has 25 heavy (non-hydrogen) atoms. The molecule has 2 aromatic carbocycles. The van der Waals surface area contributed by atoms with Crippen molar-refractivity contribution in [1.82, 2.24) is 9.97 Å². The Morgan fingerprint density at radius 1 is 1.20 bits per heavy atom. The van der Waals surface area contributed by atoms with Gasteiger partial charge in [-0.25, -0.2) is 14.4 Å². The summed E-state index contributed by atoms with van der Waals surface area (Å²) in [6, 6.07) is 8.16. The summed E-state index contributed by atoms with van der Waals surface area (Å²) in [6.45, 7) is 3.98. The molecule has 1 aliphatic carbocycles. The van der Waals surface area contributed by atoms with Gasteiger partial charge in [-0.2, -0.15) is 0 Å². The summed E-state index contributed by atoms with van der Waals surface area (Å²) < 4.78 is 19.7. The molecule has 128 valence electrons. The van der Waals surface area contributed by atoms with Gasteiger partial charge in [-0.15, -0.1) is 0 Å². The van der Waals surface area contributed by atoms with E-state index in [1.54, 1.807) is 6.07 Å². The molecule has 4 rings (SSSR count). The zero-order valence-electron chi connectivity index (χ0n) is 14.1. The maximum Gasteiger partial charge on any atom is 0.146 e. The van der Waals surface area contributed by atoms with Gasteiger partial charge in [0.25, 0.3) is 0 Å². The van der Waals surface area contributed by atoms with Crippen molar-refractivity contribution in [3.63, 3.8) is 0 Å². The molecule has 0 saturated heterocycles. The van der Waals surface area contributed by atoms with Gasteiger partial charge in [0, 0.05) is 17.1 Å². The average Bonchev–Trinajstić information content (AvgIpc) is 3.26. The van der Waals surface area contributed by atoms with Crippen LogP contribution in [-0.2, 0) is 0 Å². The predicted molar refractivity (Wildman–Crippen MR) is 96.6 cm³/mol. The number of nitrogen functional groups attached to an aromatic ring is 1. The maximum atomic E-state index is 13.7. The second-order valence-corrected chi connectivity index (χ2v) is 6.77. The summed E-state index contributed by atoms with van der Waals surface area (Å²) in [5.74, 6) is 0.793. The van der Waals surface area contributed by atoms with E-state index >= 15 is 0 Å². The normalized spacial score (nSPS) is 15.2. The molecule has 3 N–H and O–H groups in total. The molecule has 1 aromatic heterocycles. The number of hydrogen-bond acceptors (Lipinski definition) is 5. The third-order valence-electron chi connectivity index (χ3n) is 4.46. The van der Waals surface area contributed by atoms with Crippen LogP contribution < -0.4 is 15.8 Å². The first-order valence-corrected chi connectivity index (χ1v) is 8.20. The number of aryl methyl sites for hydroxylation is 1. The van der Waals surface area contributed by atoms with Gasteiger partial charge in [-0.3, -0.25) is 0 Å². The van der Waals surface area contributed by atoms with Gasteiger partial charge in [0.15, 0.2) is 0 Å². The largest absolute Gasteiger partial charge is 0.485 e. The smallest absolute Gasteiger partial charge is 0.146 e. The van der Waals surface area contributed by atoms with Gasteiger partial charge < -0.3 is 15.8 Å². The SMILES string of the molecule is Cc1cc(N)cc2ncnc(Nc3ccc(F)cc3OC3(C)CC3)c12. The highest BCUT2D eigenvalue weighted by Crippen LogP contribution is 2.42. The fraction of sp³-hybridized carbons (Fsp3) is 0.263. The number of nitrogens with two attached hydrogens (primary N) is 1. The first-order chi connectivity index (χ1) is 11.9. The fourth-order valence-electron chi connectivity index (χ4n) is 2.87. The van der Waals surface area contributed by atoms with Gasteiger partial charge in [-0.1, -0.05) is 0 Å². The fourth-order valence-corrected chi connectivity index (χ4v) is 2.87. The summed E-state index contributed by atoms with van der Waals surface area (Å²) >= 11 is 0. The Morgan fingerprint density at radius 3 is 2.76 bits per heavy atom. The van der Waals surface area contributed by atoms with Crippen LogP contribution in [0.25, 0.3) is 10.9 Å². The molecule has 6 heteroatoms. The van der Waals surface area contributed by atoms with Crippen LogP contribution in [0.4, 0.5) is 21.6 Å². The second-order valence-electron chi connectivity index (χ2n) is 6.77. The van der Waals surface area contributed by atoms with Crippen LogP contribution in [0.15, 0.2) is 36.7 Å². The van der Waals surface area contributed by atoms with Crippen molar-refractivity contribution in [2.24, 2.45) is 0 Å². The number of ether oxygens (including phenoxy) is 1. The van der Waals surface area contributed by atoms with Gasteiger partial charge in [0.1, 0.15) is 29.3 Å². The number of hydrogen-bond donors (Lipinski definition) is 2. The number of nitrogens with zero attached hydrogens (tertiary/aromatic N) is 2. The molecule has 0 unspecified atom stereocenters. The van der Waals surface area contributed by atoms with E-state index < -0.39 is 0 Å². The molecular weight excluding hydrogens is 319 g/mol. The highest BCUT2D eigenvalue weighted by Gasteiger charge is 2.40. The van der Waals surface area contributed by atoms with Gasteiger partial charge in [0.05, 0.1) is 11.2 Å². The summed E-state index contributed by atoms with van der Waals surface area (Å²) in [7, 11) is 0. The predicted octanol–water partition coefficient (Wildman–Crippen LogP) is 4.33. The van der Waals surface area contributed by atoms with Crippen molar-refractivity contribution in [1.29, 1.82) is 0 Å². The summed E-state index contributed by atoms with van der Waals surface area (Å²) in [5.41, 5.74) is 8.75. The van der Waals surface area contributed by atoms with E-state index in [9.17, 15) is 4.39 Å². The van der Waals surface area contributed by atoms with Gasteiger partial charge >= 0.3 is 0 Å². The van der Waals surface area contributed by atoms with Crippen LogP contribution in [0.1, 0.15) is 25.3 Å². The molecular formula is C19H19FN4O. The molecule has 1 saturated carbocycles. The lowest BCUT2D eigenvalue weighted by molar-refractivity contribution is 0.201. The van der Waals surface area contributed by atoms with Gasteiger partial charge in [0.2, 0.25) is 0 Å². The minimum atomic E-state index is -0.332. The lowest BCUT2D eigenvalue weighted by Gasteiger charge is -2.18. The molecule has 5 nitrogen and oxygen atoms in total. The van der Waals surface area contributed by atoms with E-state index in [0.29, 0.717) is 22.9 Å². The highest BCUT2D eigenvalue weighted by molar-refractivity contribution is 5.95. The lowest BCUT2D eigenvalue weighted by Crippen LogP contribution is -2.13. The molecule has 1 aliphatic rings. The third kappa shape index (κ3) is 3.07. The summed E-state index contributed by atoms with van der Waals surface area (Å²) in [5, 5.41) is 4.15. The lowest BCUT2D eigenvalue weighted by atomic mass is 10.1. The van der Waals surface area contributed by atoms with E-state index in [1.807, 2.05) is 26.0 Å². The molecule has 0 atom stereocenters. The van der Waals surface area contributed by atoms with Crippen molar-refractivity contribution < 1.29 is 9.13 Å². The third-order valence-corrected chi connectivity index (χ3v) is 4.46.